The minimum Gasteiger partial charge on any atom is -0.396 e. The summed E-state index contributed by atoms with van der Waals surface area (Å²) in [5.41, 5.74) is 0. The molecule has 3 heteroatoms. The lowest BCUT2D eigenvalue weighted by Crippen LogP contribution is -2.30. The topological polar surface area (TPSA) is 38.7 Å². The van der Waals surface area contributed by atoms with Gasteiger partial charge in [0, 0.05) is 20.1 Å². The van der Waals surface area contributed by atoms with Crippen LogP contribution in [0.4, 0.5) is 0 Å². The summed E-state index contributed by atoms with van der Waals surface area (Å²) in [7, 11) is 1.77. The van der Waals surface area contributed by atoms with E-state index in [1.54, 1.807) is 7.11 Å². The summed E-state index contributed by atoms with van der Waals surface area (Å²) >= 11 is 0. The summed E-state index contributed by atoms with van der Waals surface area (Å²) in [5.74, 6) is 1.70. The molecule has 0 saturated carbocycles. The third kappa shape index (κ3) is 4.73. The second kappa shape index (κ2) is 8.23. The van der Waals surface area contributed by atoms with E-state index in [1.807, 2.05) is 0 Å². The summed E-state index contributed by atoms with van der Waals surface area (Å²) in [6, 6.07) is 0. The lowest BCUT2D eigenvalue weighted by atomic mass is 9.89. The fraction of sp³-hybridized carbons (Fsp3) is 1.00. The lowest BCUT2D eigenvalue weighted by Gasteiger charge is -2.25. The highest BCUT2D eigenvalue weighted by Crippen LogP contribution is 2.35. The molecule has 3 nitrogen and oxygen atoms in total. The third-order valence-electron chi connectivity index (χ3n) is 4.72. The number of rotatable bonds is 8. The van der Waals surface area contributed by atoms with Gasteiger partial charge in [-0.2, -0.15) is 0 Å². The molecule has 114 valence electrons. The summed E-state index contributed by atoms with van der Waals surface area (Å²) in [6.07, 6.45) is 4.87. The van der Waals surface area contributed by atoms with E-state index in [9.17, 15) is 0 Å². The van der Waals surface area contributed by atoms with Crippen molar-refractivity contribution in [3.05, 3.63) is 0 Å². The highest BCUT2D eigenvalue weighted by Gasteiger charge is 2.40. The second-order valence-electron chi connectivity index (χ2n) is 6.36. The van der Waals surface area contributed by atoms with Crippen LogP contribution in [0.5, 0.6) is 0 Å². The molecule has 1 rings (SSSR count). The van der Waals surface area contributed by atoms with E-state index in [0.717, 1.165) is 18.8 Å². The molecule has 0 bridgehead atoms. The van der Waals surface area contributed by atoms with Crippen LogP contribution in [0.3, 0.4) is 0 Å². The molecule has 0 radical (unpaired) electrons. The zero-order valence-corrected chi connectivity index (χ0v) is 13.3. The van der Waals surface area contributed by atoms with Crippen LogP contribution in [-0.2, 0) is 9.47 Å². The molecular formula is C16H32O3. The van der Waals surface area contributed by atoms with Crippen molar-refractivity contribution in [2.45, 2.75) is 71.7 Å². The maximum absolute atomic E-state index is 9.09. The maximum Gasteiger partial charge on any atom is 0.0867 e. The Kier molecular flexibility index (Phi) is 7.33. The molecule has 0 aliphatic carbocycles. The normalized spacial score (nSPS) is 32.2. The fourth-order valence-corrected chi connectivity index (χ4v) is 3.13. The summed E-state index contributed by atoms with van der Waals surface area (Å²) in [5, 5.41) is 9.09. The van der Waals surface area contributed by atoms with Crippen LogP contribution in [0.25, 0.3) is 0 Å². The van der Waals surface area contributed by atoms with Gasteiger partial charge < -0.3 is 14.6 Å². The van der Waals surface area contributed by atoms with Crippen LogP contribution in [0.2, 0.25) is 0 Å². The van der Waals surface area contributed by atoms with E-state index >= 15 is 0 Å². The van der Waals surface area contributed by atoms with Gasteiger partial charge in [-0.25, -0.2) is 0 Å². The van der Waals surface area contributed by atoms with Crippen molar-refractivity contribution >= 4 is 0 Å². The Labute approximate surface area is 118 Å². The molecule has 0 amide bonds. The first kappa shape index (κ1) is 16.9. The highest BCUT2D eigenvalue weighted by molar-refractivity contribution is 4.88. The number of aliphatic hydroxyl groups excluding tert-OH is 1. The first-order valence-electron chi connectivity index (χ1n) is 7.82. The minimum atomic E-state index is 0.140. The molecule has 0 aromatic carbocycles. The van der Waals surface area contributed by atoms with E-state index in [4.69, 9.17) is 14.6 Å². The number of hydrogen-bond donors (Lipinski definition) is 1. The lowest BCUT2D eigenvalue weighted by molar-refractivity contribution is -0.0518. The molecule has 0 spiro atoms. The van der Waals surface area contributed by atoms with Gasteiger partial charge in [0.2, 0.25) is 0 Å². The zero-order chi connectivity index (χ0) is 14.4. The summed E-state index contributed by atoms with van der Waals surface area (Å²) < 4.78 is 11.8. The van der Waals surface area contributed by atoms with Gasteiger partial charge in [-0.15, -0.1) is 0 Å². The van der Waals surface area contributed by atoms with Crippen LogP contribution in [0.1, 0.15) is 53.4 Å². The Balaban J connectivity index is 2.55. The third-order valence-corrected chi connectivity index (χ3v) is 4.72. The van der Waals surface area contributed by atoms with Crippen LogP contribution in [0, 0.1) is 17.8 Å². The van der Waals surface area contributed by atoms with Crippen LogP contribution in [-0.4, -0.2) is 37.1 Å². The van der Waals surface area contributed by atoms with Gasteiger partial charge in [-0.3, -0.25) is 0 Å². The largest absolute Gasteiger partial charge is 0.396 e. The average molecular weight is 272 g/mol. The number of ether oxygens (including phenoxy) is 2. The first-order chi connectivity index (χ1) is 9.03. The molecule has 0 aromatic heterocycles. The van der Waals surface area contributed by atoms with Crippen molar-refractivity contribution in [2.75, 3.05) is 13.7 Å². The molecule has 1 fully saturated rings. The van der Waals surface area contributed by atoms with Crippen molar-refractivity contribution in [1.29, 1.82) is 0 Å². The van der Waals surface area contributed by atoms with Gasteiger partial charge in [-0.1, -0.05) is 34.1 Å². The van der Waals surface area contributed by atoms with Gasteiger partial charge in [-0.05, 0) is 30.6 Å². The van der Waals surface area contributed by atoms with Gasteiger partial charge >= 0.3 is 0 Å². The Bertz CT molecular complexity index is 244. The molecule has 1 aliphatic heterocycles. The molecule has 0 aromatic rings. The van der Waals surface area contributed by atoms with Crippen molar-refractivity contribution in [2.24, 2.45) is 17.8 Å². The molecule has 1 aliphatic rings. The van der Waals surface area contributed by atoms with Crippen LogP contribution >= 0.6 is 0 Å². The number of aliphatic hydroxyl groups is 1. The second-order valence-corrected chi connectivity index (χ2v) is 6.36. The monoisotopic (exact) mass is 272 g/mol. The van der Waals surface area contributed by atoms with E-state index in [1.165, 1.54) is 12.8 Å². The molecular weight excluding hydrogens is 240 g/mol. The standard InChI is InChI=1S/C16H32O3/c1-6-11(2)9-13(4)14-10-15(18-5)16(19-14)12(3)7-8-17/h11-17H,6-10H2,1-5H3/t11-,12-,13-,14-,15-,16?/m0/s1. The highest BCUT2D eigenvalue weighted by atomic mass is 16.6. The summed E-state index contributed by atoms with van der Waals surface area (Å²) in [4.78, 5) is 0. The van der Waals surface area contributed by atoms with Gasteiger partial charge in [0.05, 0.1) is 18.3 Å². The quantitative estimate of drug-likeness (QED) is 0.737. The number of methoxy groups -OCH3 is 1. The van der Waals surface area contributed by atoms with Crippen LogP contribution in [0.15, 0.2) is 0 Å². The Hall–Kier alpha value is -0.120. The van der Waals surface area contributed by atoms with E-state index in [0.29, 0.717) is 17.9 Å². The molecule has 19 heavy (non-hydrogen) atoms. The average Bonchev–Trinajstić information content (AvgIpc) is 2.83. The Morgan fingerprint density at radius 2 is 1.95 bits per heavy atom. The Morgan fingerprint density at radius 1 is 1.26 bits per heavy atom. The molecule has 1 saturated heterocycles. The maximum atomic E-state index is 9.09. The number of hydrogen-bond acceptors (Lipinski definition) is 3. The van der Waals surface area contributed by atoms with E-state index in [2.05, 4.69) is 27.7 Å². The first-order valence-corrected chi connectivity index (χ1v) is 7.82. The van der Waals surface area contributed by atoms with Crippen molar-refractivity contribution in [3.8, 4) is 0 Å². The molecule has 1 N–H and O–H groups in total. The Morgan fingerprint density at radius 3 is 2.47 bits per heavy atom. The minimum absolute atomic E-state index is 0.140. The van der Waals surface area contributed by atoms with Gasteiger partial charge in [0.1, 0.15) is 0 Å². The smallest absolute Gasteiger partial charge is 0.0867 e. The van der Waals surface area contributed by atoms with Gasteiger partial charge in [0.25, 0.3) is 0 Å². The predicted octanol–water partition coefficient (Wildman–Crippen LogP) is 3.25. The molecule has 1 heterocycles. The zero-order valence-electron chi connectivity index (χ0n) is 13.3. The SMILES string of the molecule is CC[C@H](C)C[C@H](C)[C@@H]1C[C@H](OC)C([C@@H](C)CCO)O1. The van der Waals surface area contributed by atoms with Crippen molar-refractivity contribution in [3.63, 3.8) is 0 Å². The fourth-order valence-electron chi connectivity index (χ4n) is 3.13. The molecule has 6 atom stereocenters. The van der Waals surface area contributed by atoms with E-state index < -0.39 is 0 Å². The predicted molar refractivity (Wildman–Crippen MR) is 78.2 cm³/mol. The van der Waals surface area contributed by atoms with Crippen LogP contribution < -0.4 is 0 Å². The van der Waals surface area contributed by atoms with Crippen molar-refractivity contribution < 1.29 is 14.6 Å². The summed E-state index contributed by atoms with van der Waals surface area (Å²) in [6.45, 7) is 9.23. The van der Waals surface area contributed by atoms with Crippen molar-refractivity contribution in [1.82, 2.24) is 0 Å². The van der Waals surface area contributed by atoms with Gasteiger partial charge in [0.15, 0.2) is 0 Å². The van der Waals surface area contributed by atoms with E-state index in [-0.39, 0.29) is 18.8 Å². The molecule has 1 unspecified atom stereocenters.